The Morgan fingerprint density at radius 3 is 1.12 bits per heavy atom. The van der Waals surface area contributed by atoms with Crippen LogP contribution in [0.15, 0.2) is 169 Å². The second kappa shape index (κ2) is 11.1. The molecule has 2 atom stereocenters. The van der Waals surface area contributed by atoms with Gasteiger partial charge in [-0.3, -0.25) is 4.99 Å². The van der Waals surface area contributed by atoms with Gasteiger partial charge < -0.3 is 5.32 Å². The molecule has 7 rings (SSSR count). The maximum atomic E-state index is 5.28. The molecule has 41 heavy (non-hydrogen) atoms. The van der Waals surface area contributed by atoms with Crippen LogP contribution in [0.5, 0.6) is 0 Å². The molecule has 196 valence electrons. The summed E-state index contributed by atoms with van der Waals surface area (Å²) >= 11 is 0. The molecule has 0 aromatic heterocycles. The van der Waals surface area contributed by atoms with Gasteiger partial charge in [-0.2, -0.15) is 0 Å². The van der Waals surface area contributed by atoms with Gasteiger partial charge in [0.25, 0.3) is 0 Å². The average molecular weight is 527 g/mol. The van der Waals surface area contributed by atoms with Gasteiger partial charge in [0.2, 0.25) is 0 Å². The molecule has 1 heterocycles. The van der Waals surface area contributed by atoms with Gasteiger partial charge in [-0.05, 0) is 44.5 Å². The largest absolute Gasteiger partial charge is 0.361 e. The van der Waals surface area contributed by atoms with Crippen LogP contribution in [0.2, 0.25) is 0 Å². The zero-order valence-electron chi connectivity index (χ0n) is 22.7. The Balaban J connectivity index is 1.22. The van der Waals surface area contributed by atoms with E-state index in [0.29, 0.717) is 0 Å². The molecule has 0 saturated carbocycles. The summed E-state index contributed by atoms with van der Waals surface area (Å²) in [6.07, 6.45) is 0. The van der Waals surface area contributed by atoms with Crippen molar-refractivity contribution in [2.45, 2.75) is 12.1 Å². The lowest BCUT2D eigenvalue weighted by Crippen LogP contribution is -2.25. The highest BCUT2D eigenvalue weighted by atomic mass is 15.1. The highest BCUT2D eigenvalue weighted by molar-refractivity contribution is 6.01. The summed E-state index contributed by atoms with van der Waals surface area (Å²) in [5.41, 5.74) is 10.8. The third-order valence-corrected chi connectivity index (χ3v) is 7.88. The van der Waals surface area contributed by atoms with Crippen molar-refractivity contribution in [2.24, 2.45) is 4.99 Å². The Hall–Kier alpha value is -5.21. The summed E-state index contributed by atoms with van der Waals surface area (Å²) in [4.78, 5) is 5.28. The summed E-state index contributed by atoms with van der Waals surface area (Å²) in [6.45, 7) is 0. The van der Waals surface area contributed by atoms with Crippen molar-refractivity contribution in [3.05, 3.63) is 180 Å². The minimum atomic E-state index is -0.0359. The molecule has 2 heteroatoms. The van der Waals surface area contributed by atoms with Crippen molar-refractivity contribution in [1.82, 2.24) is 5.32 Å². The number of rotatable bonds is 6. The summed E-state index contributed by atoms with van der Waals surface area (Å²) in [7, 11) is 0. The normalized spacial score (nSPS) is 16.1. The molecular weight excluding hydrogens is 496 g/mol. The summed E-state index contributed by atoms with van der Waals surface area (Å²) in [5.74, 6) is 0.930. The lowest BCUT2D eigenvalue weighted by molar-refractivity contribution is 0.572. The summed E-state index contributed by atoms with van der Waals surface area (Å²) < 4.78 is 0. The van der Waals surface area contributed by atoms with Crippen LogP contribution in [0.3, 0.4) is 0 Å². The predicted octanol–water partition coefficient (Wildman–Crippen LogP) is 9.52. The van der Waals surface area contributed by atoms with Crippen LogP contribution in [0.25, 0.3) is 33.4 Å². The van der Waals surface area contributed by atoms with Crippen molar-refractivity contribution in [2.75, 3.05) is 0 Å². The van der Waals surface area contributed by atoms with E-state index in [1.165, 1.54) is 44.5 Å². The van der Waals surface area contributed by atoms with Crippen molar-refractivity contribution in [3.63, 3.8) is 0 Å². The quantitative estimate of drug-likeness (QED) is 0.230. The van der Waals surface area contributed by atoms with Crippen molar-refractivity contribution >= 4 is 5.84 Å². The van der Waals surface area contributed by atoms with E-state index in [1.54, 1.807) is 0 Å². The second-order valence-corrected chi connectivity index (χ2v) is 10.5. The third kappa shape index (κ3) is 5.20. The van der Waals surface area contributed by atoms with Crippen molar-refractivity contribution in [1.29, 1.82) is 0 Å². The minimum Gasteiger partial charge on any atom is -0.361 e. The maximum absolute atomic E-state index is 5.28. The molecule has 6 aromatic carbocycles. The van der Waals surface area contributed by atoms with Gasteiger partial charge in [0.1, 0.15) is 11.9 Å². The van der Waals surface area contributed by atoms with Gasteiger partial charge in [0.05, 0.1) is 6.04 Å². The van der Waals surface area contributed by atoms with Gasteiger partial charge in [-0.15, -0.1) is 0 Å². The molecule has 1 aliphatic heterocycles. The fourth-order valence-electron chi connectivity index (χ4n) is 5.64. The van der Waals surface area contributed by atoms with E-state index in [9.17, 15) is 0 Å². The number of benzene rings is 6. The third-order valence-electron chi connectivity index (χ3n) is 7.88. The Labute approximate surface area is 241 Å². The van der Waals surface area contributed by atoms with Gasteiger partial charge >= 0.3 is 0 Å². The molecule has 0 fully saturated rings. The van der Waals surface area contributed by atoms with Crippen LogP contribution in [0.4, 0.5) is 0 Å². The fourth-order valence-corrected chi connectivity index (χ4v) is 5.64. The van der Waals surface area contributed by atoms with Crippen LogP contribution in [0.1, 0.15) is 28.8 Å². The molecule has 1 N–H and O–H groups in total. The topological polar surface area (TPSA) is 24.4 Å². The molecule has 2 nitrogen and oxygen atoms in total. The van der Waals surface area contributed by atoms with Crippen LogP contribution >= 0.6 is 0 Å². The summed E-state index contributed by atoms with van der Waals surface area (Å²) in [6, 6.07) is 58.0. The minimum absolute atomic E-state index is 0.0335. The predicted molar refractivity (Wildman–Crippen MR) is 171 cm³/mol. The SMILES string of the molecule is c1ccc(-c2ccc(C3=N[C@H](c4ccc(-c5ccccc5)cc4)[C@H](c4ccc(-c5ccccc5)cc4)N3)cc2)cc1. The first-order chi connectivity index (χ1) is 20.3. The summed E-state index contributed by atoms with van der Waals surface area (Å²) in [5, 5.41) is 3.79. The van der Waals surface area contributed by atoms with Crippen LogP contribution in [-0.4, -0.2) is 5.84 Å². The number of aliphatic imine (C=N–C) groups is 1. The Bertz CT molecular complexity index is 1760. The molecule has 0 bridgehead atoms. The van der Waals surface area contributed by atoms with E-state index < -0.39 is 0 Å². The first-order valence-corrected chi connectivity index (χ1v) is 14.1. The molecular formula is C39H30N2. The standard InChI is InChI=1S/C39H30N2/c1-4-10-28(11-5-1)31-16-22-34(23-17-31)37-38(35-24-18-32(19-25-35)29-12-6-2-7-13-29)41-39(40-37)36-26-20-33(21-27-36)30-14-8-3-9-15-30/h1-27,37-38H,(H,40,41)/t37-,38+. The molecule has 0 aliphatic carbocycles. The van der Waals surface area contributed by atoms with E-state index >= 15 is 0 Å². The zero-order valence-corrected chi connectivity index (χ0v) is 22.7. The number of amidine groups is 1. The Morgan fingerprint density at radius 1 is 0.341 bits per heavy atom. The molecule has 0 spiro atoms. The van der Waals surface area contributed by atoms with Crippen LogP contribution in [-0.2, 0) is 0 Å². The molecule has 0 radical (unpaired) electrons. The van der Waals surface area contributed by atoms with Gasteiger partial charge in [-0.25, -0.2) is 0 Å². The number of hydrogen-bond donors (Lipinski definition) is 1. The van der Waals surface area contributed by atoms with Crippen molar-refractivity contribution in [3.8, 4) is 33.4 Å². The zero-order chi connectivity index (χ0) is 27.4. The number of hydrogen-bond acceptors (Lipinski definition) is 2. The van der Waals surface area contributed by atoms with E-state index in [2.05, 4.69) is 163 Å². The van der Waals surface area contributed by atoms with Crippen molar-refractivity contribution < 1.29 is 0 Å². The first kappa shape index (κ1) is 24.8. The lowest BCUT2D eigenvalue weighted by atomic mass is 9.92. The van der Waals surface area contributed by atoms with E-state index in [0.717, 1.165) is 11.4 Å². The van der Waals surface area contributed by atoms with Crippen LogP contribution < -0.4 is 5.32 Å². The first-order valence-electron chi connectivity index (χ1n) is 14.1. The molecule has 0 amide bonds. The van der Waals surface area contributed by atoms with E-state index in [1.807, 2.05) is 6.07 Å². The number of nitrogens with zero attached hydrogens (tertiary/aromatic N) is 1. The van der Waals surface area contributed by atoms with Gasteiger partial charge in [-0.1, -0.05) is 164 Å². The van der Waals surface area contributed by atoms with Gasteiger partial charge in [0.15, 0.2) is 0 Å². The highest BCUT2D eigenvalue weighted by Gasteiger charge is 2.32. The molecule has 0 unspecified atom stereocenters. The second-order valence-electron chi connectivity index (χ2n) is 10.5. The average Bonchev–Trinajstić information content (AvgIpc) is 3.52. The lowest BCUT2D eigenvalue weighted by Gasteiger charge is -2.20. The molecule has 0 saturated heterocycles. The Kier molecular flexibility index (Phi) is 6.72. The highest BCUT2D eigenvalue weighted by Crippen LogP contribution is 2.38. The molecule has 6 aromatic rings. The monoisotopic (exact) mass is 526 g/mol. The maximum Gasteiger partial charge on any atom is 0.129 e. The van der Waals surface area contributed by atoms with E-state index in [4.69, 9.17) is 4.99 Å². The van der Waals surface area contributed by atoms with Crippen LogP contribution in [0, 0.1) is 0 Å². The van der Waals surface area contributed by atoms with E-state index in [-0.39, 0.29) is 12.1 Å². The Morgan fingerprint density at radius 2 is 0.683 bits per heavy atom. The van der Waals surface area contributed by atoms with Gasteiger partial charge in [0, 0.05) is 5.56 Å². The number of nitrogens with one attached hydrogen (secondary N) is 1. The fraction of sp³-hybridized carbons (Fsp3) is 0.0513. The molecule has 1 aliphatic rings. The smallest absolute Gasteiger partial charge is 0.129 e.